The summed E-state index contributed by atoms with van der Waals surface area (Å²) < 4.78 is 11.1. The number of Topliss-reactive ketones (excluding diaryl/α,β-unsaturated/α-hetero) is 1. The van der Waals surface area contributed by atoms with Gasteiger partial charge in [0.05, 0.1) is 11.7 Å². The molecule has 0 saturated heterocycles. The first-order valence-corrected chi connectivity index (χ1v) is 19.4. The highest BCUT2D eigenvalue weighted by Crippen LogP contribution is 2.51. The maximum atomic E-state index is 13.1. The van der Waals surface area contributed by atoms with Gasteiger partial charge in [0.25, 0.3) is 0 Å². The fourth-order valence-electron chi connectivity index (χ4n) is 7.84. The van der Waals surface area contributed by atoms with Gasteiger partial charge in [-0.2, -0.15) is 0 Å². The molecule has 2 aliphatic rings. The summed E-state index contributed by atoms with van der Waals surface area (Å²) in [6.07, 6.45) is 14.6. The molecule has 7 unspecified atom stereocenters. The molecule has 0 amide bonds. The zero-order chi connectivity index (χ0) is 44.4. The van der Waals surface area contributed by atoms with Crippen molar-refractivity contribution in [1.82, 2.24) is 0 Å². The van der Waals surface area contributed by atoms with Gasteiger partial charge in [-0.25, -0.2) is 9.59 Å². The van der Waals surface area contributed by atoms with Crippen molar-refractivity contribution in [3.63, 3.8) is 0 Å². The second-order valence-corrected chi connectivity index (χ2v) is 17.4. The van der Waals surface area contributed by atoms with E-state index in [-0.39, 0.29) is 31.5 Å². The van der Waals surface area contributed by atoms with Crippen LogP contribution in [0.1, 0.15) is 108 Å². The van der Waals surface area contributed by atoms with Gasteiger partial charge in [-0.1, -0.05) is 99.6 Å². The fourth-order valence-corrected chi connectivity index (χ4v) is 7.84. The summed E-state index contributed by atoms with van der Waals surface area (Å²) in [5, 5.41) is 61.6. The summed E-state index contributed by atoms with van der Waals surface area (Å²) in [5.74, 6) is -3.92. The Morgan fingerprint density at radius 3 is 1.81 bits per heavy atom. The third-order valence-electron chi connectivity index (χ3n) is 11.0. The predicted molar refractivity (Wildman–Crippen MR) is 221 cm³/mol. The molecule has 0 radical (unpaired) electrons. The largest absolute Gasteiger partial charge is 0.479 e. The number of aliphatic hydroxyl groups excluding tert-OH is 3. The standard InChI is InChI=1S/C46H64O12/c1-29(16-12-13-17-30(2)20-15-21-32(4)36(49)28-46(56)43(8,9)24-34(48)25-45(46,11)55)18-14-19-31(3)22-23-37-42(6,7)26-35(57-33(5)47)27-44(37,10)58-41(54)39(51)38(50)40(52)53/h12-22,34-35,38-39,48,50-51,55-56H,24-28H2,1-11H3,(H,52,53)/b13-12+,18-14+,20-15+,29-16+,30-17+,31-19+,32-21+. The lowest BCUT2D eigenvalue weighted by molar-refractivity contribution is -0.243. The minimum Gasteiger partial charge on any atom is -0.479 e. The molecule has 2 rings (SSSR count). The van der Waals surface area contributed by atoms with Crippen molar-refractivity contribution in [3.05, 3.63) is 100 Å². The lowest BCUT2D eigenvalue weighted by Crippen LogP contribution is -2.66. The quantitative estimate of drug-likeness (QED) is 0.0487. The number of hydrogen-bond acceptors (Lipinski definition) is 11. The van der Waals surface area contributed by atoms with E-state index in [1.807, 2.05) is 83.2 Å². The Morgan fingerprint density at radius 1 is 0.759 bits per heavy atom. The summed E-state index contributed by atoms with van der Waals surface area (Å²) in [7, 11) is 0. The van der Waals surface area contributed by atoms with Crippen molar-refractivity contribution < 1.29 is 59.3 Å². The van der Waals surface area contributed by atoms with Gasteiger partial charge in [0.15, 0.2) is 18.0 Å². The highest BCUT2D eigenvalue weighted by Gasteiger charge is 2.60. The molecule has 2 fully saturated rings. The summed E-state index contributed by atoms with van der Waals surface area (Å²) in [4.78, 5) is 48.8. The average molecular weight is 809 g/mol. The highest BCUT2D eigenvalue weighted by molar-refractivity contribution is 5.96. The first-order valence-electron chi connectivity index (χ1n) is 19.4. The Balaban J connectivity index is 2.15. The maximum Gasteiger partial charge on any atom is 0.339 e. The molecule has 12 nitrogen and oxygen atoms in total. The number of carboxylic acid groups (broad SMARTS) is 1. The van der Waals surface area contributed by atoms with Crippen molar-refractivity contribution in [2.45, 2.75) is 149 Å². The van der Waals surface area contributed by atoms with E-state index in [9.17, 15) is 44.7 Å². The van der Waals surface area contributed by atoms with E-state index in [0.717, 1.165) is 16.7 Å². The number of rotatable bonds is 15. The molecule has 0 bridgehead atoms. The molecule has 2 saturated carbocycles. The van der Waals surface area contributed by atoms with Crippen LogP contribution in [-0.2, 0) is 28.7 Å². The monoisotopic (exact) mass is 808 g/mol. The normalized spacial score (nSPS) is 29.3. The number of aliphatic hydroxyl groups is 5. The molecule has 0 aromatic heterocycles. The van der Waals surface area contributed by atoms with Crippen LogP contribution in [-0.4, -0.2) is 95.5 Å². The third-order valence-corrected chi connectivity index (χ3v) is 11.0. The zero-order valence-corrected chi connectivity index (χ0v) is 35.8. The van der Waals surface area contributed by atoms with Crippen LogP contribution in [0.2, 0.25) is 0 Å². The number of allylic oxidation sites excluding steroid dienone is 14. The SMILES string of the molecule is CC(=O)OC1CC(C)(C)C(=C=C/C(C)=C/C=C/C(C)=C/C=C/C=C(C)/C=C/C=C(\C)C(=O)CC2(O)C(C)(C)CC(O)CC2(C)O)C(C)(OC(=O)C(O)C(O)C(=O)O)C1. The van der Waals surface area contributed by atoms with E-state index >= 15 is 0 Å². The molecule has 0 aromatic carbocycles. The summed E-state index contributed by atoms with van der Waals surface area (Å²) in [5.41, 5.74) is 0.562. The van der Waals surface area contributed by atoms with Gasteiger partial charge in [0.1, 0.15) is 17.3 Å². The van der Waals surface area contributed by atoms with Gasteiger partial charge >= 0.3 is 17.9 Å². The number of esters is 2. The molecule has 0 spiro atoms. The molecule has 12 heteroatoms. The Morgan fingerprint density at radius 2 is 1.29 bits per heavy atom. The van der Waals surface area contributed by atoms with Crippen molar-refractivity contribution >= 4 is 23.7 Å². The maximum absolute atomic E-state index is 13.1. The lowest BCUT2D eigenvalue weighted by Gasteiger charge is -2.56. The number of carboxylic acids is 1. The molecule has 7 atom stereocenters. The van der Waals surface area contributed by atoms with Crippen molar-refractivity contribution in [1.29, 1.82) is 0 Å². The fraction of sp³-hybridized carbons (Fsp3) is 0.543. The Kier molecular flexibility index (Phi) is 17.2. The van der Waals surface area contributed by atoms with Gasteiger partial charge in [0.2, 0.25) is 0 Å². The molecule has 0 heterocycles. The van der Waals surface area contributed by atoms with Crippen molar-refractivity contribution in [2.24, 2.45) is 10.8 Å². The predicted octanol–water partition coefficient (Wildman–Crippen LogP) is 6.00. The first-order chi connectivity index (χ1) is 26.6. The number of hydrogen-bond donors (Lipinski definition) is 6. The molecular weight excluding hydrogens is 744 g/mol. The van der Waals surface area contributed by atoms with Gasteiger partial charge in [-0.3, -0.25) is 9.59 Å². The van der Waals surface area contributed by atoms with E-state index < -0.39 is 70.0 Å². The first kappa shape index (κ1) is 49.7. The van der Waals surface area contributed by atoms with Crippen LogP contribution in [0.3, 0.4) is 0 Å². The van der Waals surface area contributed by atoms with E-state index in [2.05, 4.69) is 5.73 Å². The van der Waals surface area contributed by atoms with Gasteiger partial charge in [0, 0.05) is 37.2 Å². The molecular formula is C46H64O12. The zero-order valence-electron chi connectivity index (χ0n) is 35.8. The summed E-state index contributed by atoms with van der Waals surface area (Å²) in [6.45, 7) is 18.9. The minimum absolute atomic E-state index is 0.00776. The van der Waals surface area contributed by atoms with E-state index in [1.54, 1.807) is 45.9 Å². The Labute approximate surface area is 343 Å². The van der Waals surface area contributed by atoms with Crippen molar-refractivity contribution in [3.8, 4) is 0 Å². The second kappa shape index (κ2) is 20.0. The van der Waals surface area contributed by atoms with Gasteiger partial charge in [-0.05, 0) is 77.0 Å². The molecule has 320 valence electrons. The second-order valence-electron chi connectivity index (χ2n) is 17.4. The molecule has 0 aliphatic heterocycles. The number of carbonyl (C=O) groups excluding carboxylic acids is 3. The molecule has 6 N–H and O–H groups in total. The number of carbonyl (C=O) groups is 4. The third kappa shape index (κ3) is 13.3. The van der Waals surface area contributed by atoms with Crippen LogP contribution in [0.5, 0.6) is 0 Å². The van der Waals surface area contributed by atoms with E-state index in [0.29, 0.717) is 17.6 Å². The molecule has 58 heavy (non-hydrogen) atoms. The highest BCUT2D eigenvalue weighted by atomic mass is 16.6. The van der Waals surface area contributed by atoms with Crippen LogP contribution in [0.15, 0.2) is 100 Å². The topological polar surface area (TPSA) is 208 Å². The lowest BCUT2D eigenvalue weighted by atomic mass is 9.56. The van der Waals surface area contributed by atoms with Gasteiger partial charge in [-0.15, -0.1) is 5.73 Å². The number of ketones is 1. The minimum atomic E-state index is -2.38. The number of aliphatic carboxylic acids is 1. The number of ether oxygens (including phenoxy) is 2. The van der Waals surface area contributed by atoms with Crippen molar-refractivity contribution in [2.75, 3.05) is 0 Å². The summed E-state index contributed by atoms with van der Waals surface area (Å²) in [6, 6.07) is 0. The van der Waals surface area contributed by atoms with Crippen LogP contribution < -0.4 is 0 Å². The summed E-state index contributed by atoms with van der Waals surface area (Å²) >= 11 is 0. The van der Waals surface area contributed by atoms with Crippen LogP contribution >= 0.6 is 0 Å². The average Bonchev–Trinajstić information content (AvgIpc) is 3.06. The smallest absolute Gasteiger partial charge is 0.339 e. The van der Waals surface area contributed by atoms with Crippen LogP contribution in [0, 0.1) is 10.8 Å². The van der Waals surface area contributed by atoms with Gasteiger partial charge < -0.3 is 40.1 Å². The Hall–Kier alpha value is -4.42. The van der Waals surface area contributed by atoms with E-state index in [4.69, 9.17) is 14.6 Å². The van der Waals surface area contributed by atoms with Crippen LogP contribution in [0.25, 0.3) is 0 Å². The van der Waals surface area contributed by atoms with E-state index in [1.165, 1.54) is 13.8 Å². The molecule has 2 aliphatic carbocycles. The van der Waals surface area contributed by atoms with Crippen LogP contribution in [0.4, 0.5) is 0 Å². The molecule has 0 aromatic rings. The Bertz CT molecular complexity index is 1820.